The van der Waals surface area contributed by atoms with Crippen molar-refractivity contribution >= 4 is 5.84 Å². The van der Waals surface area contributed by atoms with E-state index in [0.29, 0.717) is 0 Å². The molecule has 0 saturated heterocycles. The fraction of sp³-hybridized carbons (Fsp3) is 0.462. The van der Waals surface area contributed by atoms with E-state index in [4.69, 9.17) is 10.9 Å². The molecule has 1 aromatic carbocycles. The number of amidine groups is 1. The van der Waals surface area contributed by atoms with Gasteiger partial charge >= 0.3 is 6.18 Å². The van der Waals surface area contributed by atoms with Crippen LogP contribution in [0.4, 0.5) is 13.2 Å². The smallest absolute Gasteiger partial charge is 0.390 e. The zero-order valence-corrected chi connectivity index (χ0v) is 11.1. The Morgan fingerprint density at radius 1 is 1.35 bits per heavy atom. The number of rotatable bonds is 6. The van der Waals surface area contributed by atoms with Gasteiger partial charge in [0.15, 0.2) is 0 Å². The van der Waals surface area contributed by atoms with Crippen molar-refractivity contribution in [2.24, 2.45) is 10.9 Å². The van der Waals surface area contributed by atoms with Gasteiger partial charge in [-0.2, -0.15) is 13.2 Å². The van der Waals surface area contributed by atoms with Crippen molar-refractivity contribution in [3.05, 3.63) is 35.9 Å². The van der Waals surface area contributed by atoms with Crippen molar-refractivity contribution in [2.45, 2.75) is 31.5 Å². The van der Waals surface area contributed by atoms with E-state index < -0.39 is 24.6 Å². The second-order valence-electron chi connectivity index (χ2n) is 4.62. The molecule has 20 heavy (non-hydrogen) atoms. The summed E-state index contributed by atoms with van der Waals surface area (Å²) in [5.41, 5.74) is 6.37. The normalized spacial score (nSPS) is 15.9. The van der Waals surface area contributed by atoms with E-state index in [1.54, 1.807) is 24.3 Å². The summed E-state index contributed by atoms with van der Waals surface area (Å²) in [6.07, 6.45) is -5.14. The minimum atomic E-state index is -4.22. The molecule has 0 heterocycles. The first-order chi connectivity index (χ1) is 9.33. The van der Waals surface area contributed by atoms with Gasteiger partial charge in [0.25, 0.3) is 0 Å². The zero-order chi connectivity index (χ0) is 15.2. The number of benzene rings is 1. The van der Waals surface area contributed by atoms with Crippen molar-refractivity contribution in [1.29, 1.82) is 0 Å². The van der Waals surface area contributed by atoms with Crippen LogP contribution in [0.3, 0.4) is 0 Å². The van der Waals surface area contributed by atoms with E-state index in [0.717, 1.165) is 5.56 Å². The molecule has 0 aromatic heterocycles. The van der Waals surface area contributed by atoms with E-state index in [1.165, 1.54) is 6.92 Å². The average molecular weight is 289 g/mol. The van der Waals surface area contributed by atoms with E-state index in [1.807, 2.05) is 6.07 Å². The van der Waals surface area contributed by atoms with Gasteiger partial charge in [-0.3, -0.25) is 0 Å². The number of nitrogens with zero attached hydrogens (tertiary/aromatic N) is 1. The predicted octanol–water partition coefficient (Wildman–Crippen LogP) is 2.45. The molecule has 1 rings (SSSR count). The lowest BCUT2D eigenvalue weighted by Gasteiger charge is -2.21. The molecule has 2 atom stereocenters. The third-order valence-electron chi connectivity index (χ3n) is 2.88. The topological polar surface area (TPSA) is 70.6 Å². The number of alkyl halides is 3. The van der Waals surface area contributed by atoms with Crippen molar-refractivity contribution < 1.29 is 18.4 Å². The Balaban J connectivity index is 2.68. The molecule has 7 heteroatoms. The molecule has 4 N–H and O–H groups in total. The fourth-order valence-electron chi connectivity index (χ4n) is 1.89. The number of hydrogen-bond acceptors (Lipinski definition) is 3. The lowest BCUT2D eigenvalue weighted by Crippen LogP contribution is -2.38. The van der Waals surface area contributed by atoms with Crippen LogP contribution in [0, 0.1) is 0 Å². The maximum atomic E-state index is 12.2. The third kappa shape index (κ3) is 5.48. The Bertz CT molecular complexity index is 434. The molecule has 0 aliphatic rings. The quantitative estimate of drug-likeness (QED) is 0.326. The molecule has 0 fully saturated rings. The first-order valence-corrected chi connectivity index (χ1v) is 6.16. The molecule has 4 nitrogen and oxygen atoms in total. The van der Waals surface area contributed by atoms with Crippen molar-refractivity contribution in [2.75, 3.05) is 6.54 Å². The van der Waals surface area contributed by atoms with E-state index in [9.17, 15) is 13.2 Å². The molecule has 0 bridgehead atoms. The van der Waals surface area contributed by atoms with Crippen LogP contribution in [-0.4, -0.2) is 29.8 Å². The summed E-state index contributed by atoms with van der Waals surface area (Å²) in [5, 5.41) is 14.5. The molecule has 112 valence electrons. The monoisotopic (exact) mass is 289 g/mol. The molecule has 1 aromatic rings. The van der Waals surface area contributed by atoms with Crippen LogP contribution in [0.25, 0.3) is 0 Å². The van der Waals surface area contributed by atoms with Crippen LogP contribution < -0.4 is 11.1 Å². The van der Waals surface area contributed by atoms with Crippen molar-refractivity contribution in [3.8, 4) is 0 Å². The summed E-state index contributed by atoms with van der Waals surface area (Å²) in [4.78, 5) is 0. The maximum Gasteiger partial charge on any atom is 0.390 e. The molecule has 2 unspecified atom stereocenters. The van der Waals surface area contributed by atoms with Crippen LogP contribution in [0.15, 0.2) is 35.5 Å². The molecular weight excluding hydrogens is 271 g/mol. The van der Waals surface area contributed by atoms with Gasteiger partial charge in [-0.1, -0.05) is 35.5 Å². The summed E-state index contributed by atoms with van der Waals surface area (Å²) in [5.74, 6) is -0.514. The predicted molar refractivity (Wildman–Crippen MR) is 70.7 cm³/mol. The highest BCUT2D eigenvalue weighted by Gasteiger charge is 2.30. The lowest BCUT2D eigenvalue weighted by molar-refractivity contribution is -0.139. The Labute approximate surface area is 115 Å². The Morgan fingerprint density at radius 2 is 1.95 bits per heavy atom. The Hall–Kier alpha value is -1.76. The van der Waals surface area contributed by atoms with Crippen LogP contribution in [0.1, 0.15) is 24.8 Å². The highest BCUT2D eigenvalue weighted by molar-refractivity contribution is 5.87. The molecular formula is C13H18F3N3O. The molecule has 0 radical (unpaired) electrons. The molecule has 0 saturated carbocycles. The first-order valence-electron chi connectivity index (χ1n) is 6.16. The van der Waals surface area contributed by atoms with E-state index in [2.05, 4.69) is 10.5 Å². The molecule has 0 aliphatic heterocycles. The van der Waals surface area contributed by atoms with Gasteiger partial charge in [0.2, 0.25) is 0 Å². The molecule has 0 amide bonds. The van der Waals surface area contributed by atoms with Gasteiger partial charge in [0.1, 0.15) is 5.84 Å². The van der Waals surface area contributed by atoms with E-state index in [-0.39, 0.29) is 12.4 Å². The minimum absolute atomic E-state index is 0.0390. The fourth-order valence-corrected chi connectivity index (χ4v) is 1.89. The van der Waals surface area contributed by atoms with Gasteiger partial charge in [-0.25, -0.2) is 0 Å². The summed E-state index contributed by atoms with van der Waals surface area (Å²) in [6, 6.07) is 8.19. The minimum Gasteiger partial charge on any atom is -0.409 e. The number of nitrogens with one attached hydrogen (secondary N) is 1. The standard InChI is InChI=1S/C13H18F3N3O/c1-9(7-13(14,15)16)18-8-11(12(17)19-20)10-5-3-2-4-6-10/h2-6,9,11,18,20H,7-8H2,1H3,(H2,17,19). The van der Waals surface area contributed by atoms with Gasteiger partial charge in [0, 0.05) is 12.6 Å². The maximum absolute atomic E-state index is 12.2. The number of hydrogen-bond donors (Lipinski definition) is 3. The van der Waals surface area contributed by atoms with Gasteiger partial charge in [0.05, 0.1) is 12.3 Å². The number of oxime groups is 1. The van der Waals surface area contributed by atoms with Crippen molar-refractivity contribution in [1.82, 2.24) is 5.32 Å². The molecule has 0 aliphatic carbocycles. The van der Waals surface area contributed by atoms with Gasteiger partial charge in [-0.15, -0.1) is 0 Å². The first kappa shape index (κ1) is 16.3. The highest BCUT2D eigenvalue weighted by atomic mass is 19.4. The zero-order valence-electron chi connectivity index (χ0n) is 11.1. The SMILES string of the molecule is CC(CC(F)(F)F)NCC(/C(N)=N/O)c1ccccc1. The van der Waals surface area contributed by atoms with Crippen LogP contribution >= 0.6 is 0 Å². The summed E-state index contributed by atoms with van der Waals surface area (Å²) in [7, 11) is 0. The van der Waals surface area contributed by atoms with Gasteiger partial charge in [-0.05, 0) is 12.5 Å². The van der Waals surface area contributed by atoms with Crippen molar-refractivity contribution in [3.63, 3.8) is 0 Å². The van der Waals surface area contributed by atoms with E-state index >= 15 is 0 Å². The Morgan fingerprint density at radius 3 is 2.45 bits per heavy atom. The summed E-state index contributed by atoms with van der Waals surface area (Å²) in [6.45, 7) is 1.61. The molecule has 0 spiro atoms. The summed E-state index contributed by atoms with van der Waals surface area (Å²) >= 11 is 0. The highest BCUT2D eigenvalue weighted by Crippen LogP contribution is 2.22. The largest absolute Gasteiger partial charge is 0.409 e. The average Bonchev–Trinajstić information content (AvgIpc) is 2.37. The van der Waals surface area contributed by atoms with Crippen LogP contribution in [-0.2, 0) is 0 Å². The second-order valence-corrected chi connectivity index (χ2v) is 4.62. The second kappa shape index (κ2) is 7.14. The van der Waals surface area contributed by atoms with Gasteiger partial charge < -0.3 is 16.3 Å². The number of nitrogens with two attached hydrogens (primary N) is 1. The summed E-state index contributed by atoms with van der Waals surface area (Å²) < 4.78 is 36.7. The Kier molecular flexibility index (Phi) is 5.82. The lowest BCUT2D eigenvalue weighted by atomic mass is 9.97. The van der Waals surface area contributed by atoms with Crippen LogP contribution in [0.2, 0.25) is 0 Å². The van der Waals surface area contributed by atoms with Crippen LogP contribution in [0.5, 0.6) is 0 Å². The number of halogens is 3. The third-order valence-corrected chi connectivity index (χ3v) is 2.88.